The average Bonchev–Trinajstić information content (AvgIpc) is 2.66. The molecule has 134 valence electrons. The number of amides is 1. The molecule has 2 aromatic carbocycles. The average molecular weight is 340 g/mol. The van der Waals surface area contributed by atoms with Crippen LogP contribution in [0.5, 0.6) is 5.75 Å². The Bertz CT molecular complexity index is 683. The smallest absolute Gasteiger partial charge is 0.237 e. The molecule has 1 amide bonds. The van der Waals surface area contributed by atoms with Gasteiger partial charge in [-0.05, 0) is 37.5 Å². The summed E-state index contributed by atoms with van der Waals surface area (Å²) in [4.78, 5) is 12.4. The Balaban J connectivity index is 1.88. The SMILES string of the molecule is CCc1ccc(C(C)NC(C)C(=O)NCc2ccccc2OC)cc1. The lowest BCUT2D eigenvalue weighted by molar-refractivity contribution is -0.123. The van der Waals surface area contributed by atoms with Crippen molar-refractivity contribution in [3.8, 4) is 5.75 Å². The van der Waals surface area contributed by atoms with Crippen molar-refractivity contribution in [1.82, 2.24) is 10.6 Å². The van der Waals surface area contributed by atoms with Gasteiger partial charge in [0, 0.05) is 18.2 Å². The molecule has 0 aliphatic carbocycles. The van der Waals surface area contributed by atoms with E-state index in [1.807, 2.05) is 31.2 Å². The van der Waals surface area contributed by atoms with Gasteiger partial charge in [0.2, 0.25) is 5.91 Å². The second kappa shape index (κ2) is 9.23. The summed E-state index contributed by atoms with van der Waals surface area (Å²) in [5.74, 6) is 0.760. The maximum absolute atomic E-state index is 12.4. The molecule has 4 nitrogen and oxygen atoms in total. The number of rotatable bonds is 8. The van der Waals surface area contributed by atoms with E-state index in [9.17, 15) is 4.79 Å². The zero-order chi connectivity index (χ0) is 18.2. The van der Waals surface area contributed by atoms with Crippen molar-refractivity contribution in [3.63, 3.8) is 0 Å². The highest BCUT2D eigenvalue weighted by Crippen LogP contribution is 2.17. The summed E-state index contributed by atoms with van der Waals surface area (Å²) in [5.41, 5.74) is 3.47. The third-order valence-corrected chi connectivity index (χ3v) is 4.43. The van der Waals surface area contributed by atoms with E-state index in [4.69, 9.17) is 4.74 Å². The number of hydrogen-bond donors (Lipinski definition) is 2. The standard InChI is InChI=1S/C21H28N2O2/c1-5-17-10-12-18(13-11-17)15(2)23-16(3)21(24)22-14-19-8-6-7-9-20(19)25-4/h6-13,15-16,23H,5,14H2,1-4H3,(H,22,24). The van der Waals surface area contributed by atoms with Gasteiger partial charge < -0.3 is 10.1 Å². The largest absolute Gasteiger partial charge is 0.496 e. The van der Waals surface area contributed by atoms with Crippen LogP contribution in [0.15, 0.2) is 48.5 Å². The molecule has 2 rings (SSSR count). The summed E-state index contributed by atoms with van der Waals surface area (Å²) in [6.07, 6.45) is 1.03. The Morgan fingerprint density at radius 3 is 2.40 bits per heavy atom. The topological polar surface area (TPSA) is 50.4 Å². The monoisotopic (exact) mass is 340 g/mol. The third kappa shape index (κ3) is 5.33. The van der Waals surface area contributed by atoms with E-state index in [-0.39, 0.29) is 18.0 Å². The van der Waals surface area contributed by atoms with E-state index >= 15 is 0 Å². The van der Waals surface area contributed by atoms with Gasteiger partial charge in [0.05, 0.1) is 13.2 Å². The first kappa shape index (κ1) is 19.0. The maximum atomic E-state index is 12.4. The molecule has 0 saturated heterocycles. The van der Waals surface area contributed by atoms with Crippen LogP contribution in [-0.4, -0.2) is 19.1 Å². The van der Waals surface area contributed by atoms with Crippen LogP contribution in [0.1, 0.15) is 43.5 Å². The lowest BCUT2D eigenvalue weighted by Gasteiger charge is -2.20. The molecule has 0 saturated carbocycles. The molecule has 0 spiro atoms. The van der Waals surface area contributed by atoms with Gasteiger partial charge >= 0.3 is 0 Å². The predicted octanol–water partition coefficient (Wildman–Crippen LogP) is 3.61. The molecular weight excluding hydrogens is 312 g/mol. The minimum atomic E-state index is -0.282. The Morgan fingerprint density at radius 2 is 1.76 bits per heavy atom. The van der Waals surface area contributed by atoms with E-state index in [1.54, 1.807) is 7.11 Å². The molecule has 0 radical (unpaired) electrons. The lowest BCUT2D eigenvalue weighted by Crippen LogP contribution is -2.42. The van der Waals surface area contributed by atoms with Crippen LogP contribution in [-0.2, 0) is 17.8 Å². The lowest BCUT2D eigenvalue weighted by atomic mass is 10.0. The first-order chi connectivity index (χ1) is 12.0. The van der Waals surface area contributed by atoms with Gasteiger partial charge in [-0.15, -0.1) is 0 Å². The molecule has 25 heavy (non-hydrogen) atoms. The number of carbonyl (C=O) groups is 1. The number of para-hydroxylation sites is 1. The van der Waals surface area contributed by atoms with E-state index in [1.165, 1.54) is 11.1 Å². The molecule has 0 bridgehead atoms. The van der Waals surface area contributed by atoms with Gasteiger partial charge in [0.25, 0.3) is 0 Å². The second-order valence-corrected chi connectivity index (χ2v) is 6.23. The zero-order valence-corrected chi connectivity index (χ0v) is 15.5. The number of ether oxygens (including phenoxy) is 1. The number of methoxy groups -OCH3 is 1. The molecule has 0 aromatic heterocycles. The fourth-order valence-electron chi connectivity index (χ4n) is 2.77. The molecule has 0 heterocycles. The molecule has 4 heteroatoms. The van der Waals surface area contributed by atoms with Crippen molar-refractivity contribution in [2.75, 3.05) is 7.11 Å². The van der Waals surface area contributed by atoms with Gasteiger partial charge in [0.15, 0.2) is 0 Å². The highest BCUT2D eigenvalue weighted by molar-refractivity contribution is 5.81. The summed E-state index contributed by atoms with van der Waals surface area (Å²) in [6.45, 7) is 6.55. The van der Waals surface area contributed by atoms with Gasteiger partial charge in [-0.25, -0.2) is 0 Å². The maximum Gasteiger partial charge on any atom is 0.237 e. The highest BCUT2D eigenvalue weighted by atomic mass is 16.5. The van der Waals surface area contributed by atoms with E-state index in [2.05, 4.69) is 48.7 Å². The molecule has 2 unspecified atom stereocenters. The number of carbonyl (C=O) groups excluding carboxylic acids is 1. The zero-order valence-electron chi connectivity index (χ0n) is 15.5. The molecule has 0 fully saturated rings. The van der Waals surface area contributed by atoms with Gasteiger partial charge in [-0.2, -0.15) is 0 Å². The minimum absolute atomic E-state index is 0.0251. The van der Waals surface area contributed by atoms with Crippen LogP contribution in [0.2, 0.25) is 0 Å². The molecule has 2 atom stereocenters. The Hall–Kier alpha value is -2.33. The number of nitrogens with one attached hydrogen (secondary N) is 2. The van der Waals surface area contributed by atoms with Crippen LogP contribution in [0, 0.1) is 0 Å². The molecule has 0 aliphatic rings. The summed E-state index contributed by atoms with van der Waals surface area (Å²) >= 11 is 0. The predicted molar refractivity (Wildman–Crippen MR) is 102 cm³/mol. The van der Waals surface area contributed by atoms with Crippen LogP contribution >= 0.6 is 0 Å². The first-order valence-electron chi connectivity index (χ1n) is 8.79. The fourth-order valence-corrected chi connectivity index (χ4v) is 2.77. The first-order valence-corrected chi connectivity index (χ1v) is 8.79. The highest BCUT2D eigenvalue weighted by Gasteiger charge is 2.16. The van der Waals surface area contributed by atoms with Gasteiger partial charge in [-0.3, -0.25) is 10.1 Å². The summed E-state index contributed by atoms with van der Waals surface area (Å²) < 4.78 is 5.31. The molecule has 2 N–H and O–H groups in total. The molecule has 0 aliphatic heterocycles. The number of hydrogen-bond acceptors (Lipinski definition) is 3. The van der Waals surface area contributed by atoms with Crippen LogP contribution in [0.25, 0.3) is 0 Å². The van der Waals surface area contributed by atoms with Crippen molar-refractivity contribution in [2.24, 2.45) is 0 Å². The fraction of sp³-hybridized carbons (Fsp3) is 0.381. The summed E-state index contributed by atoms with van der Waals surface area (Å²) in [5, 5.41) is 6.32. The summed E-state index contributed by atoms with van der Waals surface area (Å²) in [6, 6.07) is 16.0. The van der Waals surface area contributed by atoms with Crippen molar-refractivity contribution < 1.29 is 9.53 Å². The van der Waals surface area contributed by atoms with Crippen LogP contribution in [0.4, 0.5) is 0 Å². The molecular formula is C21H28N2O2. The van der Waals surface area contributed by atoms with Crippen molar-refractivity contribution in [1.29, 1.82) is 0 Å². The Kier molecular flexibility index (Phi) is 7.02. The Morgan fingerprint density at radius 1 is 1.08 bits per heavy atom. The summed E-state index contributed by atoms with van der Waals surface area (Å²) in [7, 11) is 1.64. The van der Waals surface area contributed by atoms with Crippen molar-refractivity contribution in [2.45, 2.75) is 45.8 Å². The van der Waals surface area contributed by atoms with Gasteiger partial charge in [0.1, 0.15) is 5.75 Å². The minimum Gasteiger partial charge on any atom is -0.496 e. The van der Waals surface area contributed by atoms with Crippen LogP contribution < -0.4 is 15.4 Å². The third-order valence-electron chi connectivity index (χ3n) is 4.43. The van der Waals surface area contributed by atoms with Crippen molar-refractivity contribution in [3.05, 3.63) is 65.2 Å². The number of benzene rings is 2. The second-order valence-electron chi connectivity index (χ2n) is 6.23. The molecule has 2 aromatic rings. The van der Waals surface area contributed by atoms with E-state index in [0.717, 1.165) is 17.7 Å². The quantitative estimate of drug-likeness (QED) is 0.772. The van der Waals surface area contributed by atoms with Crippen LogP contribution in [0.3, 0.4) is 0 Å². The number of aryl methyl sites for hydroxylation is 1. The normalized spacial score (nSPS) is 13.1. The van der Waals surface area contributed by atoms with E-state index in [0.29, 0.717) is 6.54 Å². The van der Waals surface area contributed by atoms with Crippen molar-refractivity contribution >= 4 is 5.91 Å². The van der Waals surface area contributed by atoms with Gasteiger partial charge in [-0.1, -0.05) is 49.4 Å². The van der Waals surface area contributed by atoms with E-state index < -0.39 is 0 Å². The Labute approximate surface area is 150 Å².